The first-order valence-corrected chi connectivity index (χ1v) is 24.2. The van der Waals surface area contributed by atoms with Gasteiger partial charge in [-0.15, -0.1) is 0 Å². The molecular weight excluding hydrogens is 781 g/mol. The van der Waals surface area contributed by atoms with E-state index < -0.39 is 6.10 Å². The summed E-state index contributed by atoms with van der Waals surface area (Å²) in [6.45, 7) is 14.0. The van der Waals surface area contributed by atoms with Crippen molar-refractivity contribution in [3.8, 4) is 0 Å². The van der Waals surface area contributed by atoms with E-state index in [1.807, 2.05) is 0 Å². The highest BCUT2D eigenvalue weighted by atomic mass is 16.6. The number of aliphatic hydroxyl groups excluding tert-OH is 2. The monoisotopic (exact) mass is 855 g/mol. The molecule has 13 atom stereocenters. The lowest BCUT2D eigenvalue weighted by molar-refractivity contribution is -0.284. The normalized spacial score (nSPS) is 31.7. The number of allylic oxidation sites excluding steroid dienone is 1. The van der Waals surface area contributed by atoms with Crippen LogP contribution >= 0.6 is 0 Å². The van der Waals surface area contributed by atoms with Crippen LogP contribution < -0.4 is 0 Å². The van der Waals surface area contributed by atoms with Crippen molar-refractivity contribution >= 4 is 0 Å². The number of hydrogen-bond donors (Lipinski definition) is 2. The largest absolute Gasteiger partial charge is 0.396 e. The minimum atomic E-state index is -0.461. The zero-order chi connectivity index (χ0) is 44.0. The molecule has 63 heavy (non-hydrogen) atoms. The van der Waals surface area contributed by atoms with Crippen LogP contribution in [0.25, 0.3) is 0 Å². The third-order valence-electron chi connectivity index (χ3n) is 16.5. The van der Waals surface area contributed by atoms with Crippen molar-refractivity contribution in [2.75, 3.05) is 6.61 Å². The Morgan fingerprint density at radius 2 is 1.10 bits per heavy atom. The number of ether oxygens (including phenoxy) is 4. The molecule has 6 nitrogen and oxygen atoms in total. The number of benzene rings is 4. The first-order chi connectivity index (χ1) is 30.6. The van der Waals surface area contributed by atoms with E-state index in [2.05, 4.69) is 162 Å². The Hall–Kier alpha value is -3.62. The first-order valence-electron chi connectivity index (χ1n) is 24.2. The molecule has 0 heterocycles. The first kappa shape index (κ1) is 45.9. The molecule has 4 aromatic rings. The zero-order valence-electron chi connectivity index (χ0n) is 38.6. The van der Waals surface area contributed by atoms with Gasteiger partial charge in [-0.25, -0.2) is 0 Å². The van der Waals surface area contributed by atoms with Gasteiger partial charge in [-0.05, 0) is 108 Å². The molecule has 3 saturated carbocycles. The second kappa shape index (κ2) is 20.7. The molecule has 0 aliphatic heterocycles. The molecule has 4 aromatic carbocycles. The molecule has 0 bridgehead atoms. The Kier molecular flexibility index (Phi) is 15.1. The van der Waals surface area contributed by atoms with Crippen molar-refractivity contribution in [3.63, 3.8) is 0 Å². The topological polar surface area (TPSA) is 77.4 Å². The molecule has 0 aromatic heterocycles. The van der Waals surface area contributed by atoms with Crippen molar-refractivity contribution in [3.05, 3.63) is 155 Å². The molecule has 338 valence electrons. The minimum absolute atomic E-state index is 0.0138. The predicted molar refractivity (Wildman–Crippen MR) is 251 cm³/mol. The number of aliphatic hydroxyl groups is 2. The summed E-state index contributed by atoms with van der Waals surface area (Å²) in [4.78, 5) is 0. The highest BCUT2D eigenvalue weighted by Crippen LogP contribution is 2.68. The molecule has 0 radical (unpaired) electrons. The van der Waals surface area contributed by atoms with Gasteiger partial charge in [0.1, 0.15) is 0 Å². The van der Waals surface area contributed by atoms with Crippen molar-refractivity contribution in [2.24, 2.45) is 52.3 Å². The third kappa shape index (κ3) is 9.98. The highest BCUT2D eigenvalue weighted by molar-refractivity contribution is 5.30. The third-order valence-corrected chi connectivity index (χ3v) is 16.5. The lowest BCUT2D eigenvalue weighted by Gasteiger charge is -2.66. The molecule has 13 unspecified atom stereocenters. The van der Waals surface area contributed by atoms with Gasteiger partial charge in [0.2, 0.25) is 0 Å². The Balaban J connectivity index is 1.18. The number of hydrogen-bond acceptors (Lipinski definition) is 6. The van der Waals surface area contributed by atoms with Gasteiger partial charge in [-0.2, -0.15) is 0 Å². The average Bonchev–Trinajstić information content (AvgIpc) is 3.66. The van der Waals surface area contributed by atoms with Gasteiger partial charge in [-0.1, -0.05) is 168 Å². The Morgan fingerprint density at radius 1 is 0.603 bits per heavy atom. The smallest absolute Gasteiger partial charge is 0.0903 e. The fraction of sp³-hybridized carbons (Fsp3) is 0.544. The Bertz CT molecular complexity index is 2020. The van der Waals surface area contributed by atoms with Crippen LogP contribution in [0.3, 0.4) is 0 Å². The molecule has 3 fully saturated rings. The van der Waals surface area contributed by atoms with Crippen LogP contribution in [0.5, 0.6) is 0 Å². The number of fused-ring (bicyclic) bond motifs is 5. The second-order valence-electron chi connectivity index (χ2n) is 20.4. The lowest BCUT2D eigenvalue weighted by atomic mass is 9.42. The summed E-state index contributed by atoms with van der Waals surface area (Å²) in [6.07, 6.45) is 7.79. The van der Waals surface area contributed by atoms with Gasteiger partial charge >= 0.3 is 0 Å². The molecular formula is C57H74O6. The van der Waals surface area contributed by atoms with E-state index in [-0.39, 0.29) is 65.5 Å². The summed E-state index contributed by atoms with van der Waals surface area (Å²) in [7, 11) is 0. The maximum Gasteiger partial charge on any atom is 0.0903 e. The summed E-state index contributed by atoms with van der Waals surface area (Å²) >= 11 is 0. The van der Waals surface area contributed by atoms with Crippen LogP contribution in [-0.2, 0) is 45.4 Å². The van der Waals surface area contributed by atoms with E-state index in [9.17, 15) is 10.2 Å². The molecule has 4 aliphatic rings. The van der Waals surface area contributed by atoms with Crippen LogP contribution in [0.15, 0.2) is 133 Å². The molecule has 2 N–H and O–H groups in total. The van der Waals surface area contributed by atoms with E-state index >= 15 is 0 Å². The van der Waals surface area contributed by atoms with E-state index in [1.165, 1.54) is 11.1 Å². The van der Waals surface area contributed by atoms with E-state index in [0.717, 1.165) is 55.2 Å². The summed E-state index contributed by atoms with van der Waals surface area (Å²) in [6, 6.07) is 42.4. The Morgan fingerprint density at radius 3 is 1.60 bits per heavy atom. The second-order valence-corrected chi connectivity index (χ2v) is 20.4. The highest BCUT2D eigenvalue weighted by Gasteiger charge is 2.67. The standard InChI is InChI=1S/C57H74O6/c1-39(2)45(30-33-58)34-49(59)40(3)46-26-27-47-51-48(28-31-56(46,47)4)57(5)32-29-50(60-35-41-18-10-6-11-19-41)53(61-36-42-20-12-7-13-21-42)52(57)55(63-38-44-24-16-9-17-25-44)54(51)62-37-43-22-14-8-15-23-43/h6-26,39-40,45,47-55,58-59H,27-38H2,1-5H3. The van der Waals surface area contributed by atoms with Gasteiger partial charge in [0, 0.05) is 18.4 Å². The van der Waals surface area contributed by atoms with Gasteiger partial charge in [0.15, 0.2) is 0 Å². The van der Waals surface area contributed by atoms with E-state index in [4.69, 9.17) is 18.9 Å². The molecule has 0 spiro atoms. The fourth-order valence-corrected chi connectivity index (χ4v) is 13.0. The predicted octanol–water partition coefficient (Wildman–Crippen LogP) is 11.8. The zero-order valence-corrected chi connectivity index (χ0v) is 38.6. The maximum atomic E-state index is 11.9. The molecule has 8 rings (SSSR count). The van der Waals surface area contributed by atoms with Crippen molar-refractivity contribution in [1.82, 2.24) is 0 Å². The van der Waals surface area contributed by atoms with E-state index in [1.54, 1.807) is 0 Å². The summed E-state index contributed by atoms with van der Waals surface area (Å²) in [5, 5.41) is 21.8. The van der Waals surface area contributed by atoms with E-state index in [0.29, 0.717) is 50.6 Å². The van der Waals surface area contributed by atoms with Crippen LogP contribution in [0, 0.1) is 52.3 Å². The maximum absolute atomic E-state index is 11.9. The molecule has 0 saturated heterocycles. The summed E-state index contributed by atoms with van der Waals surface area (Å²) in [5.41, 5.74) is 5.88. The minimum Gasteiger partial charge on any atom is -0.396 e. The van der Waals surface area contributed by atoms with Crippen molar-refractivity contribution in [1.29, 1.82) is 0 Å². The number of rotatable bonds is 19. The molecule has 0 amide bonds. The van der Waals surface area contributed by atoms with Gasteiger partial charge in [-0.3, -0.25) is 0 Å². The molecule has 4 aliphatic carbocycles. The fourth-order valence-electron chi connectivity index (χ4n) is 13.0. The lowest BCUT2D eigenvalue weighted by Crippen LogP contribution is -2.69. The van der Waals surface area contributed by atoms with Crippen LogP contribution in [0.2, 0.25) is 0 Å². The molecule has 6 heteroatoms. The van der Waals surface area contributed by atoms with Crippen molar-refractivity contribution < 1.29 is 29.2 Å². The average molecular weight is 855 g/mol. The SMILES string of the molecule is CC(C)C(CCO)CC(O)C(C)C1=CCC2C3C(OCc4ccccc4)C(OCc4ccccc4)C4C(OCc5ccccc5)C(OCc5ccccc5)CCC4(C)C3CCC12C. The summed E-state index contributed by atoms with van der Waals surface area (Å²) in [5.74, 6) is 1.70. The van der Waals surface area contributed by atoms with Gasteiger partial charge in [0.05, 0.1) is 56.9 Å². The quantitative estimate of drug-likeness (QED) is 0.0915. The van der Waals surface area contributed by atoms with Crippen LogP contribution in [0.1, 0.15) is 102 Å². The van der Waals surface area contributed by atoms with Crippen LogP contribution in [-0.4, -0.2) is 47.3 Å². The van der Waals surface area contributed by atoms with Crippen molar-refractivity contribution in [2.45, 2.75) is 137 Å². The summed E-state index contributed by atoms with van der Waals surface area (Å²) < 4.78 is 29.3. The van der Waals surface area contributed by atoms with Gasteiger partial charge in [0.25, 0.3) is 0 Å². The Labute approximate surface area is 378 Å². The van der Waals surface area contributed by atoms with Crippen LogP contribution in [0.4, 0.5) is 0 Å². The van der Waals surface area contributed by atoms with Gasteiger partial charge < -0.3 is 29.2 Å².